The summed E-state index contributed by atoms with van der Waals surface area (Å²) in [6.07, 6.45) is 1.16. The summed E-state index contributed by atoms with van der Waals surface area (Å²) in [5, 5.41) is 0. The van der Waals surface area contributed by atoms with Crippen LogP contribution in [0.5, 0.6) is 0 Å². The SMILES string of the molecule is O=C(Cn1c(=O)oc2ccccc21)N1CCC(N2CC(=O)N(c3ccccc3)C2=O)CC1. The van der Waals surface area contributed by atoms with Crippen LogP contribution in [0.3, 0.4) is 0 Å². The van der Waals surface area contributed by atoms with Gasteiger partial charge < -0.3 is 14.2 Å². The second-order valence-electron chi connectivity index (χ2n) is 8.01. The molecule has 5 rings (SSSR count). The Morgan fingerprint density at radius 2 is 1.62 bits per heavy atom. The number of para-hydroxylation sites is 3. The van der Waals surface area contributed by atoms with Gasteiger partial charge >= 0.3 is 11.8 Å². The van der Waals surface area contributed by atoms with E-state index in [1.54, 1.807) is 58.3 Å². The number of urea groups is 1. The molecule has 0 aliphatic carbocycles. The van der Waals surface area contributed by atoms with Crippen molar-refractivity contribution >= 4 is 34.6 Å². The number of amides is 4. The molecule has 2 fully saturated rings. The third-order valence-corrected chi connectivity index (χ3v) is 6.13. The predicted molar refractivity (Wildman–Crippen MR) is 116 cm³/mol. The van der Waals surface area contributed by atoms with Gasteiger partial charge in [-0.2, -0.15) is 0 Å². The quantitative estimate of drug-likeness (QED) is 0.586. The molecule has 2 aliphatic heterocycles. The molecule has 164 valence electrons. The Labute approximate surface area is 183 Å². The first kappa shape index (κ1) is 20.0. The Morgan fingerprint density at radius 3 is 2.38 bits per heavy atom. The monoisotopic (exact) mass is 434 g/mol. The number of anilines is 1. The Hall–Kier alpha value is -3.88. The maximum absolute atomic E-state index is 12.9. The van der Waals surface area contributed by atoms with Crippen LogP contribution in [0.2, 0.25) is 0 Å². The van der Waals surface area contributed by atoms with Crippen molar-refractivity contribution in [1.29, 1.82) is 0 Å². The number of fused-ring (bicyclic) bond motifs is 1. The summed E-state index contributed by atoms with van der Waals surface area (Å²) >= 11 is 0. The lowest BCUT2D eigenvalue weighted by molar-refractivity contribution is -0.133. The fourth-order valence-electron chi connectivity index (χ4n) is 4.46. The van der Waals surface area contributed by atoms with Crippen LogP contribution in [0.25, 0.3) is 11.1 Å². The van der Waals surface area contributed by atoms with Crippen LogP contribution >= 0.6 is 0 Å². The van der Waals surface area contributed by atoms with E-state index in [4.69, 9.17) is 4.42 Å². The van der Waals surface area contributed by atoms with Crippen molar-refractivity contribution in [2.45, 2.75) is 25.4 Å². The normalized spacial score (nSPS) is 17.6. The lowest BCUT2D eigenvalue weighted by atomic mass is 10.0. The summed E-state index contributed by atoms with van der Waals surface area (Å²) in [5.74, 6) is -0.977. The number of carbonyl (C=O) groups excluding carboxylic acids is 3. The van der Waals surface area contributed by atoms with E-state index < -0.39 is 5.76 Å². The first-order chi connectivity index (χ1) is 15.5. The van der Waals surface area contributed by atoms with Crippen LogP contribution in [0.1, 0.15) is 12.8 Å². The van der Waals surface area contributed by atoms with Gasteiger partial charge in [-0.3, -0.25) is 14.2 Å². The summed E-state index contributed by atoms with van der Waals surface area (Å²) in [4.78, 5) is 54.9. The van der Waals surface area contributed by atoms with Crippen molar-refractivity contribution in [2.24, 2.45) is 0 Å². The molecule has 1 aromatic heterocycles. The van der Waals surface area contributed by atoms with Gasteiger partial charge in [0.05, 0.1) is 11.2 Å². The highest BCUT2D eigenvalue weighted by atomic mass is 16.4. The summed E-state index contributed by atoms with van der Waals surface area (Å²) < 4.78 is 6.53. The minimum absolute atomic E-state index is 0.0444. The highest BCUT2D eigenvalue weighted by Gasteiger charge is 2.41. The van der Waals surface area contributed by atoms with E-state index in [0.29, 0.717) is 42.7 Å². The van der Waals surface area contributed by atoms with E-state index in [1.165, 1.54) is 9.47 Å². The van der Waals surface area contributed by atoms with Gasteiger partial charge in [0.1, 0.15) is 13.1 Å². The summed E-state index contributed by atoms with van der Waals surface area (Å²) in [7, 11) is 0. The molecule has 0 unspecified atom stereocenters. The Bertz CT molecular complexity index is 1240. The summed E-state index contributed by atoms with van der Waals surface area (Å²) in [6.45, 7) is 0.862. The van der Waals surface area contributed by atoms with Gasteiger partial charge in [-0.05, 0) is 37.1 Å². The van der Waals surface area contributed by atoms with Crippen LogP contribution in [-0.4, -0.2) is 57.9 Å². The number of nitrogens with zero attached hydrogens (tertiary/aromatic N) is 4. The molecule has 0 spiro atoms. The number of oxazole rings is 1. The zero-order valence-electron chi connectivity index (χ0n) is 17.3. The lowest BCUT2D eigenvalue weighted by Gasteiger charge is -2.36. The molecule has 4 amide bonds. The molecular formula is C23H22N4O5. The molecule has 32 heavy (non-hydrogen) atoms. The van der Waals surface area contributed by atoms with Crippen LogP contribution < -0.4 is 10.7 Å². The van der Waals surface area contributed by atoms with Gasteiger partial charge in [0.2, 0.25) is 5.91 Å². The van der Waals surface area contributed by atoms with Gasteiger partial charge in [0.15, 0.2) is 5.58 Å². The van der Waals surface area contributed by atoms with Gasteiger partial charge in [-0.25, -0.2) is 14.5 Å². The zero-order chi connectivity index (χ0) is 22.2. The first-order valence-corrected chi connectivity index (χ1v) is 10.6. The number of hydrogen-bond acceptors (Lipinski definition) is 5. The van der Waals surface area contributed by atoms with E-state index in [1.807, 2.05) is 6.07 Å². The van der Waals surface area contributed by atoms with Crippen molar-refractivity contribution in [3.05, 3.63) is 65.1 Å². The number of aromatic nitrogens is 1. The van der Waals surface area contributed by atoms with Crippen molar-refractivity contribution in [2.75, 3.05) is 24.5 Å². The van der Waals surface area contributed by atoms with Crippen molar-refractivity contribution in [3.8, 4) is 0 Å². The molecular weight excluding hydrogens is 412 g/mol. The fourth-order valence-corrected chi connectivity index (χ4v) is 4.46. The number of likely N-dealkylation sites (tertiary alicyclic amines) is 1. The highest BCUT2D eigenvalue weighted by Crippen LogP contribution is 2.26. The second kappa shape index (κ2) is 7.99. The maximum Gasteiger partial charge on any atom is 0.420 e. The molecule has 2 saturated heterocycles. The fraction of sp³-hybridized carbons (Fsp3) is 0.304. The van der Waals surface area contributed by atoms with Gasteiger partial charge in [0, 0.05) is 19.1 Å². The van der Waals surface area contributed by atoms with E-state index >= 15 is 0 Å². The standard InChI is InChI=1S/C23H22N4O5/c28-20(14-26-18-8-4-5-9-19(18)32-23(26)31)24-12-10-16(11-13-24)25-15-21(29)27(22(25)30)17-6-2-1-3-7-17/h1-9,16H,10-15H2. The van der Waals surface area contributed by atoms with Crippen molar-refractivity contribution in [1.82, 2.24) is 14.4 Å². The predicted octanol–water partition coefficient (Wildman–Crippen LogP) is 2.05. The maximum atomic E-state index is 12.9. The van der Waals surface area contributed by atoms with Crippen LogP contribution in [-0.2, 0) is 16.1 Å². The number of benzene rings is 2. The average molecular weight is 434 g/mol. The number of carbonyl (C=O) groups is 3. The second-order valence-corrected chi connectivity index (χ2v) is 8.01. The molecule has 9 nitrogen and oxygen atoms in total. The lowest BCUT2D eigenvalue weighted by Crippen LogP contribution is -2.49. The van der Waals surface area contributed by atoms with Gasteiger partial charge in [0.25, 0.3) is 5.91 Å². The molecule has 0 radical (unpaired) electrons. The van der Waals surface area contributed by atoms with Gasteiger partial charge in [-0.1, -0.05) is 30.3 Å². The Morgan fingerprint density at radius 1 is 0.938 bits per heavy atom. The van der Waals surface area contributed by atoms with E-state index in [-0.39, 0.29) is 37.0 Å². The molecule has 0 saturated carbocycles. The molecule has 2 aliphatic rings. The highest BCUT2D eigenvalue weighted by molar-refractivity contribution is 6.19. The van der Waals surface area contributed by atoms with E-state index in [9.17, 15) is 19.2 Å². The minimum atomic E-state index is -0.559. The van der Waals surface area contributed by atoms with Crippen molar-refractivity contribution < 1.29 is 18.8 Å². The van der Waals surface area contributed by atoms with Crippen LogP contribution in [0, 0.1) is 0 Å². The molecule has 0 N–H and O–H groups in total. The largest absolute Gasteiger partial charge is 0.420 e. The number of piperidine rings is 1. The Balaban J connectivity index is 1.23. The Kier molecular flexibility index (Phi) is 5.01. The zero-order valence-corrected chi connectivity index (χ0v) is 17.3. The van der Waals surface area contributed by atoms with Crippen LogP contribution in [0.15, 0.2) is 63.8 Å². The molecule has 0 atom stereocenters. The number of hydrogen-bond donors (Lipinski definition) is 0. The molecule has 9 heteroatoms. The third-order valence-electron chi connectivity index (χ3n) is 6.13. The third kappa shape index (κ3) is 3.45. The van der Waals surface area contributed by atoms with E-state index in [2.05, 4.69) is 0 Å². The van der Waals surface area contributed by atoms with Crippen molar-refractivity contribution in [3.63, 3.8) is 0 Å². The topological polar surface area (TPSA) is 96.1 Å². The van der Waals surface area contributed by atoms with E-state index in [0.717, 1.165) is 0 Å². The summed E-state index contributed by atoms with van der Waals surface area (Å²) in [5.41, 5.74) is 1.60. The number of rotatable bonds is 4. The van der Waals surface area contributed by atoms with Gasteiger partial charge in [-0.15, -0.1) is 0 Å². The molecule has 3 heterocycles. The minimum Gasteiger partial charge on any atom is -0.408 e. The average Bonchev–Trinajstić information content (AvgIpc) is 3.29. The number of imide groups is 1. The molecule has 3 aromatic rings. The smallest absolute Gasteiger partial charge is 0.408 e. The molecule has 2 aromatic carbocycles. The first-order valence-electron chi connectivity index (χ1n) is 10.6. The van der Waals surface area contributed by atoms with Crippen LogP contribution in [0.4, 0.5) is 10.5 Å². The summed E-state index contributed by atoms with van der Waals surface area (Å²) in [6, 6.07) is 15.5. The molecule has 0 bridgehead atoms.